The number of carbonyl (C=O) groups is 1. The summed E-state index contributed by atoms with van der Waals surface area (Å²) in [4.78, 5) is 12.7. The molecule has 3 N–H and O–H groups in total. The second kappa shape index (κ2) is 7.91. The van der Waals surface area contributed by atoms with Crippen molar-refractivity contribution >= 4 is 15.8 Å². The zero-order valence-electron chi connectivity index (χ0n) is 14.5. The van der Waals surface area contributed by atoms with E-state index >= 15 is 0 Å². The first-order valence-electron chi connectivity index (χ1n) is 8.30. The van der Waals surface area contributed by atoms with E-state index in [1.807, 2.05) is 13.8 Å². The number of sulfonamides is 1. The van der Waals surface area contributed by atoms with Crippen LogP contribution in [0.25, 0.3) is 0 Å². The van der Waals surface area contributed by atoms with E-state index in [1.165, 1.54) is 12.1 Å². The van der Waals surface area contributed by atoms with Gasteiger partial charge in [0.1, 0.15) is 0 Å². The third-order valence-corrected chi connectivity index (χ3v) is 5.94. The van der Waals surface area contributed by atoms with Crippen molar-refractivity contribution < 1.29 is 13.2 Å². The molecule has 0 aliphatic rings. The monoisotopic (exact) mass is 360 g/mol. The number of hydrogen-bond donors (Lipinski definition) is 2. The molecule has 0 aliphatic carbocycles. The largest absolute Gasteiger partial charge is 0.324 e. The van der Waals surface area contributed by atoms with Gasteiger partial charge in [0.05, 0.1) is 4.90 Å². The van der Waals surface area contributed by atoms with Gasteiger partial charge in [0.2, 0.25) is 10.0 Å². The molecule has 0 aromatic heterocycles. The molecule has 5 nitrogen and oxygen atoms in total. The molecule has 0 fully saturated rings. The lowest BCUT2D eigenvalue weighted by atomic mass is 9.95. The first kappa shape index (κ1) is 19.3. The number of nitrogens with two attached hydrogens (primary N) is 1. The van der Waals surface area contributed by atoms with Crippen LogP contribution in [-0.4, -0.2) is 26.3 Å². The van der Waals surface area contributed by atoms with Crippen molar-refractivity contribution in [1.82, 2.24) is 4.72 Å². The first-order chi connectivity index (χ1) is 11.8. The van der Waals surface area contributed by atoms with Gasteiger partial charge in [-0.05, 0) is 25.0 Å². The van der Waals surface area contributed by atoms with Crippen molar-refractivity contribution in [1.29, 1.82) is 0 Å². The third kappa shape index (κ3) is 4.54. The number of benzene rings is 2. The molecule has 0 spiro atoms. The molecule has 0 heterocycles. The minimum absolute atomic E-state index is 0.0293. The van der Waals surface area contributed by atoms with Crippen LogP contribution in [0, 0.1) is 0 Å². The smallest absolute Gasteiger partial charge is 0.241 e. The van der Waals surface area contributed by atoms with E-state index in [9.17, 15) is 13.2 Å². The average Bonchev–Trinajstić information content (AvgIpc) is 2.66. The zero-order chi connectivity index (χ0) is 18.5. The summed E-state index contributed by atoms with van der Waals surface area (Å²) in [5.74, 6) is -0.327. The molecule has 0 atom stereocenters. The van der Waals surface area contributed by atoms with E-state index in [4.69, 9.17) is 5.73 Å². The third-order valence-electron chi connectivity index (χ3n) is 4.48. The van der Waals surface area contributed by atoms with Crippen LogP contribution in [0.15, 0.2) is 59.5 Å². The maximum atomic E-state index is 12.7. The van der Waals surface area contributed by atoms with Crippen molar-refractivity contribution in [3.8, 4) is 0 Å². The van der Waals surface area contributed by atoms with Crippen molar-refractivity contribution in [2.45, 2.75) is 37.1 Å². The van der Waals surface area contributed by atoms with Gasteiger partial charge in [-0.3, -0.25) is 4.79 Å². The molecule has 2 aromatic carbocycles. The Hall–Kier alpha value is -2.02. The van der Waals surface area contributed by atoms with Gasteiger partial charge in [-0.15, -0.1) is 0 Å². The quantitative estimate of drug-likeness (QED) is 0.708. The van der Waals surface area contributed by atoms with Crippen molar-refractivity contribution in [2.75, 3.05) is 6.54 Å². The summed E-state index contributed by atoms with van der Waals surface area (Å²) < 4.78 is 28.1. The van der Waals surface area contributed by atoms with Crippen LogP contribution in [0.3, 0.4) is 0 Å². The second-order valence-electron chi connectivity index (χ2n) is 6.09. The van der Waals surface area contributed by atoms with Crippen LogP contribution < -0.4 is 10.5 Å². The molecule has 2 rings (SSSR count). The van der Waals surface area contributed by atoms with E-state index in [2.05, 4.69) is 4.72 Å². The minimum atomic E-state index is -3.85. The van der Waals surface area contributed by atoms with Crippen LogP contribution >= 0.6 is 0 Å². The summed E-state index contributed by atoms with van der Waals surface area (Å²) in [5.41, 5.74) is 6.17. The van der Waals surface area contributed by atoms with E-state index in [-0.39, 0.29) is 22.8 Å². The lowest BCUT2D eigenvalue weighted by molar-refractivity contribution is 0.103. The number of carbonyl (C=O) groups excluding carboxylic acids is 1. The van der Waals surface area contributed by atoms with Gasteiger partial charge in [-0.2, -0.15) is 0 Å². The molecule has 0 radical (unpaired) electrons. The molecule has 0 bridgehead atoms. The van der Waals surface area contributed by atoms with Crippen molar-refractivity contribution in [3.05, 3.63) is 65.7 Å². The molecule has 0 aliphatic heterocycles. The van der Waals surface area contributed by atoms with Gasteiger partial charge < -0.3 is 5.73 Å². The SMILES string of the molecule is CCC(N)(CC)CNS(=O)(=O)c1ccccc1C(=O)c1ccccc1. The minimum Gasteiger partial charge on any atom is -0.324 e. The van der Waals surface area contributed by atoms with Crippen LogP contribution in [0.4, 0.5) is 0 Å². The van der Waals surface area contributed by atoms with Crippen LogP contribution in [0.5, 0.6) is 0 Å². The van der Waals surface area contributed by atoms with Gasteiger partial charge in [0.15, 0.2) is 5.78 Å². The van der Waals surface area contributed by atoms with Gasteiger partial charge in [-0.25, -0.2) is 13.1 Å². The Morgan fingerprint density at radius 3 is 2.16 bits per heavy atom. The van der Waals surface area contributed by atoms with Gasteiger partial charge >= 0.3 is 0 Å². The Labute approximate surface area is 149 Å². The number of hydrogen-bond acceptors (Lipinski definition) is 4. The topological polar surface area (TPSA) is 89.3 Å². The van der Waals surface area contributed by atoms with Crippen LogP contribution in [0.1, 0.15) is 42.6 Å². The molecule has 0 saturated heterocycles. The normalized spacial score (nSPS) is 12.1. The Balaban J connectivity index is 2.35. The summed E-state index contributed by atoms with van der Waals surface area (Å²) in [6.45, 7) is 3.96. The second-order valence-corrected chi connectivity index (χ2v) is 7.82. The fourth-order valence-electron chi connectivity index (χ4n) is 2.45. The zero-order valence-corrected chi connectivity index (χ0v) is 15.3. The van der Waals surface area contributed by atoms with Crippen molar-refractivity contribution in [2.24, 2.45) is 5.73 Å². The first-order valence-corrected chi connectivity index (χ1v) is 9.78. The summed E-state index contributed by atoms with van der Waals surface area (Å²) in [5, 5.41) is 0. The average molecular weight is 360 g/mol. The molecular formula is C19H24N2O3S. The highest BCUT2D eigenvalue weighted by Crippen LogP contribution is 2.20. The van der Waals surface area contributed by atoms with E-state index in [0.717, 1.165) is 0 Å². The Morgan fingerprint density at radius 1 is 1.00 bits per heavy atom. The summed E-state index contributed by atoms with van der Waals surface area (Å²) >= 11 is 0. The highest BCUT2D eigenvalue weighted by Gasteiger charge is 2.27. The summed E-state index contributed by atoms with van der Waals surface area (Å²) in [7, 11) is -3.85. The maximum Gasteiger partial charge on any atom is 0.241 e. The highest BCUT2D eigenvalue weighted by molar-refractivity contribution is 7.89. The highest BCUT2D eigenvalue weighted by atomic mass is 32.2. The molecule has 2 aromatic rings. The maximum absolute atomic E-state index is 12.7. The van der Waals surface area contributed by atoms with Gasteiger partial charge in [0.25, 0.3) is 0 Å². The molecule has 0 unspecified atom stereocenters. The molecule has 6 heteroatoms. The predicted molar refractivity (Wildman–Crippen MR) is 99.0 cm³/mol. The Bertz CT molecular complexity index is 829. The number of rotatable bonds is 8. The Kier molecular flexibility index (Phi) is 6.11. The molecule has 0 amide bonds. The fraction of sp³-hybridized carbons (Fsp3) is 0.316. The summed E-state index contributed by atoms with van der Waals surface area (Å²) in [6, 6.07) is 14.8. The van der Waals surface area contributed by atoms with E-state index in [0.29, 0.717) is 18.4 Å². The molecule has 134 valence electrons. The van der Waals surface area contributed by atoms with Gasteiger partial charge in [-0.1, -0.05) is 56.3 Å². The van der Waals surface area contributed by atoms with Gasteiger partial charge in [0, 0.05) is 23.2 Å². The standard InChI is InChI=1S/C19H24N2O3S/c1-3-19(20,4-2)14-21-25(23,24)17-13-9-8-12-16(17)18(22)15-10-6-5-7-11-15/h5-13,21H,3-4,14,20H2,1-2H3. The summed E-state index contributed by atoms with van der Waals surface area (Å²) in [6.07, 6.45) is 1.30. The predicted octanol–water partition coefficient (Wildman–Crippen LogP) is 2.71. The lowest BCUT2D eigenvalue weighted by Crippen LogP contribution is -2.49. The number of ketones is 1. The Morgan fingerprint density at radius 2 is 1.56 bits per heavy atom. The molecular weight excluding hydrogens is 336 g/mol. The van der Waals surface area contributed by atoms with E-state index < -0.39 is 15.6 Å². The molecule has 0 saturated carbocycles. The fourth-order valence-corrected chi connectivity index (χ4v) is 3.79. The number of nitrogens with one attached hydrogen (secondary N) is 1. The van der Waals surface area contributed by atoms with Crippen LogP contribution in [0.2, 0.25) is 0 Å². The lowest BCUT2D eigenvalue weighted by Gasteiger charge is -2.26. The van der Waals surface area contributed by atoms with Crippen LogP contribution in [-0.2, 0) is 10.0 Å². The van der Waals surface area contributed by atoms with Crippen molar-refractivity contribution in [3.63, 3.8) is 0 Å². The molecule has 25 heavy (non-hydrogen) atoms. The van der Waals surface area contributed by atoms with E-state index in [1.54, 1.807) is 42.5 Å².